The van der Waals surface area contributed by atoms with Crippen molar-refractivity contribution in [3.63, 3.8) is 0 Å². The minimum Gasteiger partial charge on any atom is -0.357 e. The van der Waals surface area contributed by atoms with Crippen LogP contribution in [0.3, 0.4) is 0 Å². The maximum Gasteiger partial charge on any atom is 0.242 e. The second-order valence-electron chi connectivity index (χ2n) is 2.44. The fraction of sp³-hybridized carbons (Fsp3) is 0.625. The van der Waals surface area contributed by atoms with Crippen molar-refractivity contribution in [2.75, 3.05) is 13.6 Å². The fourth-order valence-corrected chi connectivity index (χ4v) is 0.855. The largest absolute Gasteiger partial charge is 0.357 e. The number of rotatable bonds is 4. The third-order valence-electron chi connectivity index (χ3n) is 1.40. The van der Waals surface area contributed by atoms with Crippen LogP contribution < -0.4 is 16.4 Å². The van der Waals surface area contributed by atoms with E-state index in [-0.39, 0.29) is 11.8 Å². The lowest BCUT2D eigenvalue weighted by Gasteiger charge is -2.14. The predicted octanol–water partition coefficient (Wildman–Crippen LogP) is -1.60. The van der Waals surface area contributed by atoms with Crippen molar-refractivity contribution in [1.29, 1.82) is 0 Å². The summed E-state index contributed by atoms with van der Waals surface area (Å²) in [7, 11) is 1.52. The van der Waals surface area contributed by atoms with Gasteiger partial charge in [0.2, 0.25) is 11.8 Å². The molecular formula is C8H17N3O3. The van der Waals surface area contributed by atoms with E-state index in [2.05, 4.69) is 10.6 Å². The lowest BCUT2D eigenvalue weighted by Crippen LogP contribution is -2.45. The van der Waals surface area contributed by atoms with Crippen molar-refractivity contribution >= 4 is 18.6 Å². The van der Waals surface area contributed by atoms with Crippen LogP contribution in [0.1, 0.15) is 13.3 Å². The highest BCUT2D eigenvalue weighted by atomic mass is 16.2. The molecular weight excluding hydrogens is 186 g/mol. The second-order valence-corrected chi connectivity index (χ2v) is 2.44. The normalized spacial score (nSPS) is 10.5. The maximum absolute atomic E-state index is 11.1. The average Bonchev–Trinajstić information content (AvgIpc) is 2.18. The SMILES string of the molecule is C=O.CNC(=O)[C@H](CCN)NC(C)=O. The van der Waals surface area contributed by atoms with Gasteiger partial charge in [-0.15, -0.1) is 0 Å². The van der Waals surface area contributed by atoms with E-state index >= 15 is 0 Å². The molecule has 0 bridgehead atoms. The van der Waals surface area contributed by atoms with E-state index in [0.29, 0.717) is 13.0 Å². The van der Waals surface area contributed by atoms with E-state index in [4.69, 9.17) is 10.5 Å². The first-order valence-corrected chi connectivity index (χ1v) is 4.09. The summed E-state index contributed by atoms with van der Waals surface area (Å²) in [6.07, 6.45) is 0.458. The van der Waals surface area contributed by atoms with E-state index in [1.165, 1.54) is 14.0 Å². The van der Waals surface area contributed by atoms with E-state index < -0.39 is 6.04 Å². The van der Waals surface area contributed by atoms with Crippen LogP contribution in [0.15, 0.2) is 0 Å². The lowest BCUT2D eigenvalue weighted by molar-refractivity contribution is -0.127. The van der Waals surface area contributed by atoms with Gasteiger partial charge in [0.25, 0.3) is 0 Å². The Kier molecular flexibility index (Phi) is 10.4. The minimum atomic E-state index is -0.502. The average molecular weight is 203 g/mol. The summed E-state index contributed by atoms with van der Waals surface area (Å²) >= 11 is 0. The molecule has 0 aromatic heterocycles. The Bertz CT molecular complexity index is 185. The predicted molar refractivity (Wildman–Crippen MR) is 52.5 cm³/mol. The standard InChI is InChI=1S/C7H15N3O2.CH2O/c1-5(11)10-6(3-4-8)7(12)9-2;1-2/h6H,3-4,8H2,1-2H3,(H,9,12)(H,10,11);1H2/t6-;/m0./s1. The maximum atomic E-state index is 11.1. The molecule has 0 radical (unpaired) electrons. The van der Waals surface area contributed by atoms with Gasteiger partial charge in [-0.25, -0.2) is 0 Å². The van der Waals surface area contributed by atoms with Gasteiger partial charge in [0.15, 0.2) is 0 Å². The smallest absolute Gasteiger partial charge is 0.242 e. The molecule has 0 spiro atoms. The number of nitrogens with one attached hydrogen (secondary N) is 2. The van der Waals surface area contributed by atoms with Crippen LogP contribution in [0.4, 0.5) is 0 Å². The first-order chi connectivity index (χ1) is 6.61. The van der Waals surface area contributed by atoms with Gasteiger partial charge in [0.05, 0.1) is 0 Å². The van der Waals surface area contributed by atoms with Crippen molar-refractivity contribution < 1.29 is 14.4 Å². The van der Waals surface area contributed by atoms with Crippen LogP contribution in [-0.4, -0.2) is 38.2 Å². The highest BCUT2D eigenvalue weighted by Crippen LogP contribution is 1.89. The zero-order valence-electron chi connectivity index (χ0n) is 8.50. The molecule has 82 valence electrons. The molecule has 0 aromatic rings. The van der Waals surface area contributed by atoms with Gasteiger partial charge >= 0.3 is 0 Å². The third kappa shape index (κ3) is 7.23. The van der Waals surface area contributed by atoms with Crippen molar-refractivity contribution in [1.82, 2.24) is 10.6 Å². The topological polar surface area (TPSA) is 101 Å². The molecule has 0 aliphatic rings. The first kappa shape index (κ1) is 15.1. The quantitative estimate of drug-likeness (QED) is 0.512. The molecule has 0 aliphatic heterocycles. The van der Waals surface area contributed by atoms with Crippen molar-refractivity contribution in [2.24, 2.45) is 5.73 Å². The number of amides is 2. The Morgan fingerprint density at radius 3 is 2.21 bits per heavy atom. The molecule has 4 N–H and O–H groups in total. The number of hydrogen-bond donors (Lipinski definition) is 3. The molecule has 0 aliphatic carbocycles. The second kappa shape index (κ2) is 9.66. The molecule has 6 nitrogen and oxygen atoms in total. The van der Waals surface area contributed by atoms with Crippen LogP contribution in [-0.2, 0) is 14.4 Å². The lowest BCUT2D eigenvalue weighted by atomic mass is 10.2. The Balaban J connectivity index is 0. The van der Waals surface area contributed by atoms with Gasteiger partial charge in [-0.3, -0.25) is 9.59 Å². The molecule has 0 unspecified atom stereocenters. The van der Waals surface area contributed by atoms with Gasteiger partial charge in [0, 0.05) is 14.0 Å². The summed E-state index contributed by atoms with van der Waals surface area (Å²) in [6.45, 7) is 3.74. The summed E-state index contributed by atoms with van der Waals surface area (Å²) in [6, 6.07) is -0.502. The van der Waals surface area contributed by atoms with Crippen LogP contribution in [0.5, 0.6) is 0 Å². The van der Waals surface area contributed by atoms with Crippen LogP contribution in [0.25, 0.3) is 0 Å². The van der Waals surface area contributed by atoms with Gasteiger partial charge in [-0.05, 0) is 13.0 Å². The fourth-order valence-electron chi connectivity index (χ4n) is 0.855. The zero-order chi connectivity index (χ0) is 11.6. The Morgan fingerprint density at radius 2 is 1.93 bits per heavy atom. The number of nitrogens with two attached hydrogens (primary N) is 1. The number of hydrogen-bond acceptors (Lipinski definition) is 4. The molecule has 6 heteroatoms. The summed E-state index contributed by atoms with van der Waals surface area (Å²) in [5.74, 6) is -0.437. The summed E-state index contributed by atoms with van der Waals surface area (Å²) in [5.41, 5.74) is 5.27. The van der Waals surface area contributed by atoms with E-state index in [9.17, 15) is 9.59 Å². The van der Waals surface area contributed by atoms with E-state index in [0.717, 1.165) is 0 Å². The van der Waals surface area contributed by atoms with Crippen LogP contribution in [0.2, 0.25) is 0 Å². The van der Waals surface area contributed by atoms with Gasteiger partial charge in [0.1, 0.15) is 12.8 Å². The van der Waals surface area contributed by atoms with Gasteiger partial charge in [-0.1, -0.05) is 0 Å². The van der Waals surface area contributed by atoms with Crippen LogP contribution in [0, 0.1) is 0 Å². The number of carbonyl (C=O) groups is 3. The summed E-state index contributed by atoms with van der Waals surface area (Å²) in [5, 5.41) is 4.95. The van der Waals surface area contributed by atoms with Gasteiger partial charge in [-0.2, -0.15) is 0 Å². The third-order valence-corrected chi connectivity index (χ3v) is 1.40. The van der Waals surface area contributed by atoms with Crippen molar-refractivity contribution in [3.8, 4) is 0 Å². The Labute approximate surface area is 83.2 Å². The first-order valence-electron chi connectivity index (χ1n) is 4.09. The highest BCUT2D eigenvalue weighted by molar-refractivity contribution is 5.86. The highest BCUT2D eigenvalue weighted by Gasteiger charge is 2.16. The molecule has 0 saturated heterocycles. The molecule has 0 fully saturated rings. The summed E-state index contributed by atoms with van der Waals surface area (Å²) < 4.78 is 0. The molecule has 0 saturated carbocycles. The van der Waals surface area contributed by atoms with E-state index in [1.54, 1.807) is 0 Å². The summed E-state index contributed by atoms with van der Waals surface area (Å²) in [4.78, 5) is 29.7. The Morgan fingerprint density at radius 1 is 1.43 bits per heavy atom. The minimum absolute atomic E-state index is 0.212. The Hall–Kier alpha value is -1.43. The molecule has 0 aromatic carbocycles. The van der Waals surface area contributed by atoms with Crippen LogP contribution >= 0.6 is 0 Å². The molecule has 0 rings (SSSR count). The zero-order valence-corrected chi connectivity index (χ0v) is 8.50. The van der Waals surface area contributed by atoms with Crippen molar-refractivity contribution in [3.05, 3.63) is 0 Å². The molecule has 1 atom stereocenters. The molecule has 0 heterocycles. The molecule has 2 amide bonds. The van der Waals surface area contributed by atoms with E-state index in [1.807, 2.05) is 6.79 Å². The monoisotopic (exact) mass is 203 g/mol. The van der Waals surface area contributed by atoms with Crippen molar-refractivity contribution in [2.45, 2.75) is 19.4 Å². The molecule has 14 heavy (non-hydrogen) atoms. The number of carbonyl (C=O) groups excluding carboxylic acids is 3. The number of likely N-dealkylation sites (N-methyl/N-ethyl adjacent to an activating group) is 1. The van der Waals surface area contributed by atoms with Gasteiger partial charge < -0.3 is 21.2 Å².